The summed E-state index contributed by atoms with van der Waals surface area (Å²) in [6.07, 6.45) is 10.1. The monoisotopic (exact) mass is 885 g/mol. The van der Waals surface area contributed by atoms with Crippen LogP contribution in [0.25, 0.3) is 0 Å². The Bertz CT molecular complexity index is 1490. The van der Waals surface area contributed by atoms with E-state index in [1.54, 1.807) is 0 Å². The summed E-state index contributed by atoms with van der Waals surface area (Å²) in [5.41, 5.74) is 4.30. The minimum absolute atomic E-state index is 0.0194. The van der Waals surface area contributed by atoms with Gasteiger partial charge in [0, 0.05) is 50.3 Å². The van der Waals surface area contributed by atoms with Crippen molar-refractivity contribution in [1.29, 1.82) is 0 Å². The van der Waals surface area contributed by atoms with Crippen molar-refractivity contribution in [1.82, 2.24) is 42.5 Å². The van der Waals surface area contributed by atoms with Crippen molar-refractivity contribution < 1.29 is 19.2 Å². The average Bonchev–Trinajstić information content (AvgIpc) is 3.25. The standard InChI is InChI=1S/C52H84N8O4/c1-33(2)25-45-49(61)57-41-13-9-10-14-42(41)58-50(62)46(26-34(3)4)55-31-39-21-23-40(24-22-39)32-56-48(28-36(7)8)52(64)60-44-16-12-11-15-43(44)59-51(63)47(27-35(5)6)54-30-38-19-17-37(18-20-38)29-53-45/h17-24,33-36,41-48,53-56H,9-16,25-32H2,1-8H3,(H,57,61)(H,58,62)(H,59,63)(H,60,64)/t41-,42-,43-,44-,45+,46+,47+,48+/m1/s1. The van der Waals surface area contributed by atoms with Crippen LogP contribution < -0.4 is 42.5 Å². The Kier molecular flexibility index (Phi) is 20.6. The van der Waals surface area contributed by atoms with Crippen LogP contribution in [-0.4, -0.2) is 72.0 Å². The van der Waals surface area contributed by atoms with Gasteiger partial charge in [0.2, 0.25) is 23.6 Å². The summed E-state index contributed by atoms with van der Waals surface area (Å²) >= 11 is 0. The van der Waals surface area contributed by atoms with E-state index < -0.39 is 0 Å². The van der Waals surface area contributed by atoms with Crippen molar-refractivity contribution in [3.8, 4) is 0 Å². The lowest BCUT2D eigenvalue weighted by atomic mass is 9.89. The van der Waals surface area contributed by atoms with Crippen LogP contribution in [0.5, 0.6) is 0 Å². The first-order valence-corrected chi connectivity index (χ1v) is 24.9. The van der Waals surface area contributed by atoms with Gasteiger partial charge in [-0.25, -0.2) is 0 Å². The maximum absolute atomic E-state index is 14.0. The SMILES string of the molecule is CC(C)C[C@@H]1NCc2ccc(cc2)CN[C@@H](CC(C)C)C(=O)N[C@@H]2CCCC[C@H]2NC(=O)[C@H](CC(C)C)NCc2ccc(cc2)CN[C@@H](CC(C)C)C(=O)N[C@@H]2CCCC[C@H]2NC1=O. The van der Waals surface area contributed by atoms with Gasteiger partial charge in [-0.05, 0) is 97.3 Å². The van der Waals surface area contributed by atoms with Crippen molar-refractivity contribution in [2.75, 3.05) is 0 Å². The molecule has 12 heteroatoms. The molecule has 0 aromatic heterocycles. The van der Waals surface area contributed by atoms with Gasteiger partial charge in [-0.15, -0.1) is 0 Å². The summed E-state index contributed by atoms with van der Waals surface area (Å²) in [6.45, 7) is 19.3. The lowest BCUT2D eigenvalue weighted by Crippen LogP contribution is -2.59. The second-order valence-corrected chi connectivity index (χ2v) is 20.9. The third kappa shape index (κ3) is 16.9. The number of carbonyl (C=O) groups is 4. The van der Waals surface area contributed by atoms with Crippen LogP contribution in [0.4, 0.5) is 0 Å². The number of amides is 4. The zero-order valence-electron chi connectivity index (χ0n) is 40.5. The Hall–Kier alpha value is -3.84. The van der Waals surface area contributed by atoms with Crippen LogP contribution >= 0.6 is 0 Å². The van der Waals surface area contributed by atoms with Crippen LogP contribution in [0.3, 0.4) is 0 Å². The van der Waals surface area contributed by atoms with Crippen LogP contribution in [0.1, 0.15) is 155 Å². The number of benzene rings is 2. The predicted molar refractivity (Wildman–Crippen MR) is 258 cm³/mol. The van der Waals surface area contributed by atoms with E-state index in [-0.39, 0.29) is 72.0 Å². The second kappa shape index (κ2) is 25.7. The van der Waals surface area contributed by atoms with Gasteiger partial charge in [-0.3, -0.25) is 19.2 Å². The highest BCUT2D eigenvalue weighted by atomic mass is 16.2. The van der Waals surface area contributed by atoms with Crippen LogP contribution in [0.15, 0.2) is 48.5 Å². The molecule has 8 N–H and O–H groups in total. The third-order valence-corrected chi connectivity index (χ3v) is 13.2. The normalized spacial score (nSPS) is 27.8. The van der Waals surface area contributed by atoms with Crippen molar-refractivity contribution in [2.45, 2.75) is 207 Å². The maximum atomic E-state index is 14.0. The van der Waals surface area contributed by atoms with Gasteiger partial charge in [-0.1, -0.05) is 130 Å². The molecule has 0 unspecified atom stereocenters. The fraction of sp³-hybridized carbons (Fsp3) is 0.692. The third-order valence-electron chi connectivity index (χ3n) is 13.2. The molecular formula is C52H84N8O4. The zero-order chi connectivity index (χ0) is 46.2. The van der Waals surface area contributed by atoms with E-state index in [0.29, 0.717) is 75.5 Å². The van der Waals surface area contributed by atoms with Crippen molar-refractivity contribution >= 4 is 23.6 Å². The van der Waals surface area contributed by atoms with E-state index in [9.17, 15) is 19.2 Å². The number of hydrogen-bond acceptors (Lipinski definition) is 8. The molecule has 2 fully saturated rings. The summed E-state index contributed by atoms with van der Waals surface area (Å²) in [7, 11) is 0. The summed E-state index contributed by atoms with van der Waals surface area (Å²) in [6, 6.07) is 14.7. The van der Waals surface area contributed by atoms with Crippen LogP contribution in [0.2, 0.25) is 0 Å². The molecule has 64 heavy (non-hydrogen) atoms. The molecule has 4 heterocycles. The molecule has 4 aliphatic heterocycles. The predicted octanol–water partition coefficient (Wildman–Crippen LogP) is 6.50. The number of carbonyl (C=O) groups excluding carboxylic acids is 4. The number of rotatable bonds is 8. The molecule has 0 saturated heterocycles. The van der Waals surface area contributed by atoms with Gasteiger partial charge in [0.05, 0.1) is 24.2 Å². The Morgan fingerprint density at radius 3 is 0.719 bits per heavy atom. The molecule has 0 spiro atoms. The van der Waals surface area contributed by atoms with E-state index in [1.807, 2.05) is 0 Å². The smallest absolute Gasteiger partial charge is 0.237 e. The van der Waals surface area contributed by atoms with Gasteiger partial charge < -0.3 is 42.5 Å². The van der Waals surface area contributed by atoms with Crippen molar-refractivity contribution in [3.63, 3.8) is 0 Å². The molecular weight excluding hydrogens is 801 g/mol. The highest BCUT2D eigenvalue weighted by molar-refractivity contribution is 5.84. The van der Waals surface area contributed by atoms with E-state index in [1.165, 1.54) is 0 Å². The minimum atomic E-state index is -0.375. The highest BCUT2D eigenvalue weighted by Gasteiger charge is 2.34. The average molecular weight is 885 g/mol. The van der Waals surface area contributed by atoms with Gasteiger partial charge in [0.25, 0.3) is 0 Å². The molecule has 6 aliphatic rings. The topological polar surface area (TPSA) is 165 Å². The fourth-order valence-electron chi connectivity index (χ4n) is 9.62. The summed E-state index contributed by atoms with van der Waals surface area (Å²) in [5.74, 6) is 1.17. The van der Waals surface area contributed by atoms with Crippen molar-refractivity contribution in [3.05, 3.63) is 70.8 Å². The molecule has 356 valence electrons. The molecule has 4 amide bonds. The Balaban J connectivity index is 1.37. The molecule has 8 rings (SSSR count). The fourth-order valence-corrected chi connectivity index (χ4v) is 9.62. The van der Waals surface area contributed by atoms with Gasteiger partial charge in [0.15, 0.2) is 0 Å². The highest BCUT2D eigenvalue weighted by Crippen LogP contribution is 2.22. The Labute approximate surface area is 385 Å². The van der Waals surface area contributed by atoms with Gasteiger partial charge in [-0.2, -0.15) is 0 Å². The van der Waals surface area contributed by atoms with E-state index in [2.05, 4.69) is 146 Å². The quantitative estimate of drug-likeness (QED) is 0.149. The lowest BCUT2D eigenvalue weighted by molar-refractivity contribution is -0.127. The number of nitrogens with one attached hydrogen (secondary N) is 8. The van der Waals surface area contributed by atoms with Crippen molar-refractivity contribution in [2.24, 2.45) is 23.7 Å². The van der Waals surface area contributed by atoms with E-state index in [4.69, 9.17) is 0 Å². The summed E-state index contributed by atoms with van der Waals surface area (Å²) in [5, 5.41) is 27.7. The molecule has 2 aromatic rings. The van der Waals surface area contributed by atoms with Crippen LogP contribution in [0, 0.1) is 23.7 Å². The lowest BCUT2D eigenvalue weighted by Gasteiger charge is -2.35. The largest absolute Gasteiger partial charge is 0.350 e. The maximum Gasteiger partial charge on any atom is 0.237 e. The molecule has 4 bridgehead atoms. The summed E-state index contributed by atoms with van der Waals surface area (Å²) in [4.78, 5) is 56.1. The first-order valence-electron chi connectivity index (χ1n) is 24.9. The van der Waals surface area contributed by atoms with Gasteiger partial charge >= 0.3 is 0 Å². The minimum Gasteiger partial charge on any atom is -0.350 e. The Morgan fingerprint density at radius 2 is 0.547 bits per heavy atom. The zero-order valence-corrected chi connectivity index (χ0v) is 40.5. The molecule has 8 atom stereocenters. The first-order chi connectivity index (χ1) is 30.6. The van der Waals surface area contributed by atoms with Gasteiger partial charge in [0.1, 0.15) is 0 Å². The molecule has 12 nitrogen and oxygen atoms in total. The molecule has 2 aliphatic carbocycles. The molecule has 2 saturated carbocycles. The summed E-state index contributed by atoms with van der Waals surface area (Å²) < 4.78 is 0. The molecule has 2 aromatic carbocycles. The van der Waals surface area contributed by atoms with Crippen LogP contribution in [-0.2, 0) is 45.4 Å². The van der Waals surface area contributed by atoms with E-state index in [0.717, 1.165) is 73.6 Å². The molecule has 0 radical (unpaired) electrons. The number of hydrogen-bond donors (Lipinski definition) is 8. The Morgan fingerprint density at radius 1 is 0.359 bits per heavy atom. The second-order valence-electron chi connectivity index (χ2n) is 20.9. The van der Waals surface area contributed by atoms with E-state index >= 15 is 0 Å². The first kappa shape index (κ1) is 51.1.